The normalized spacial score (nSPS) is 21.4. The van der Waals surface area contributed by atoms with Crippen molar-refractivity contribution in [2.45, 2.75) is 45.8 Å². The van der Waals surface area contributed by atoms with E-state index in [1.54, 1.807) is 4.90 Å². The molecule has 0 aliphatic carbocycles. The first-order valence-electron chi connectivity index (χ1n) is 7.79. The topological polar surface area (TPSA) is 76.2 Å². The molecule has 0 unspecified atom stereocenters. The first-order valence-corrected chi connectivity index (χ1v) is 7.79. The lowest BCUT2D eigenvalue weighted by Gasteiger charge is -2.25. The van der Waals surface area contributed by atoms with Crippen LogP contribution >= 0.6 is 0 Å². The van der Waals surface area contributed by atoms with Crippen LogP contribution in [0.1, 0.15) is 41.1 Å². The summed E-state index contributed by atoms with van der Waals surface area (Å²) in [6.45, 7) is 6.37. The predicted molar refractivity (Wildman–Crippen MR) is 84.7 cm³/mol. The van der Waals surface area contributed by atoms with Crippen LogP contribution in [0.2, 0.25) is 0 Å². The van der Waals surface area contributed by atoms with E-state index in [4.69, 9.17) is 4.42 Å². The molecule has 0 aromatic carbocycles. The molecule has 2 aromatic heterocycles. The predicted octanol–water partition coefficient (Wildman–Crippen LogP) is 1.39. The molecule has 0 saturated carbocycles. The largest absolute Gasteiger partial charge is 0.444 e. The number of aromatic nitrogens is 3. The molecule has 3 rings (SSSR count). The summed E-state index contributed by atoms with van der Waals surface area (Å²) in [6, 6.07) is -0.00346. The second-order valence-corrected chi connectivity index (χ2v) is 6.20. The summed E-state index contributed by atoms with van der Waals surface area (Å²) in [4.78, 5) is 18.4. The summed E-state index contributed by atoms with van der Waals surface area (Å²) in [7, 11) is 3.76. The van der Waals surface area contributed by atoms with Crippen molar-refractivity contribution in [3.05, 3.63) is 34.8 Å². The first-order chi connectivity index (χ1) is 10.9. The smallest absolute Gasteiger partial charge is 0.224 e. The molecule has 2 aromatic rings. The lowest BCUT2D eigenvalue weighted by Crippen LogP contribution is -2.35. The summed E-state index contributed by atoms with van der Waals surface area (Å²) in [5.41, 5.74) is 3.06. The van der Waals surface area contributed by atoms with Gasteiger partial charge in [0.1, 0.15) is 5.76 Å². The molecule has 7 nitrogen and oxygen atoms in total. The van der Waals surface area contributed by atoms with E-state index in [0.29, 0.717) is 18.9 Å². The molecule has 1 aliphatic heterocycles. The number of rotatable bonds is 4. The van der Waals surface area contributed by atoms with Crippen LogP contribution < -0.4 is 5.32 Å². The van der Waals surface area contributed by atoms with E-state index in [1.807, 2.05) is 45.7 Å². The highest BCUT2D eigenvalue weighted by Gasteiger charge is 2.39. The maximum atomic E-state index is 12.2. The number of hydrogen-bond acceptors (Lipinski definition) is 5. The zero-order valence-electron chi connectivity index (χ0n) is 14.3. The monoisotopic (exact) mass is 317 g/mol. The van der Waals surface area contributed by atoms with Crippen molar-refractivity contribution in [3.63, 3.8) is 0 Å². The zero-order valence-corrected chi connectivity index (χ0v) is 14.3. The van der Waals surface area contributed by atoms with Crippen molar-refractivity contribution in [2.24, 2.45) is 7.05 Å². The Morgan fingerprint density at radius 3 is 2.65 bits per heavy atom. The van der Waals surface area contributed by atoms with Crippen molar-refractivity contribution in [2.75, 3.05) is 7.05 Å². The average molecular weight is 317 g/mol. The first kappa shape index (κ1) is 15.7. The second-order valence-electron chi connectivity index (χ2n) is 6.20. The van der Waals surface area contributed by atoms with Crippen LogP contribution in [-0.4, -0.2) is 38.7 Å². The average Bonchev–Trinajstić information content (AvgIpc) is 3.09. The fraction of sp³-hybridized carbons (Fsp3) is 0.562. The molecule has 0 bridgehead atoms. The number of oxazole rings is 1. The maximum absolute atomic E-state index is 12.2. The molecule has 1 N–H and O–H groups in total. The van der Waals surface area contributed by atoms with Gasteiger partial charge in [-0.05, 0) is 20.8 Å². The molecule has 2 atom stereocenters. The summed E-state index contributed by atoms with van der Waals surface area (Å²) < 4.78 is 7.45. The van der Waals surface area contributed by atoms with Gasteiger partial charge in [-0.1, -0.05) is 0 Å². The lowest BCUT2D eigenvalue weighted by atomic mass is 10.0. The molecule has 7 heteroatoms. The SMILES string of the molecule is Cc1nc(CN[C@@H]2CC(=O)N(C)[C@H]2c2cnn(C)c2C)oc1C. The van der Waals surface area contributed by atoms with Gasteiger partial charge < -0.3 is 14.6 Å². The number of likely N-dealkylation sites (tertiary alicyclic amines) is 1. The van der Waals surface area contributed by atoms with Crippen molar-refractivity contribution < 1.29 is 9.21 Å². The van der Waals surface area contributed by atoms with Gasteiger partial charge in [-0.15, -0.1) is 0 Å². The summed E-state index contributed by atoms with van der Waals surface area (Å²) in [5.74, 6) is 1.63. The fourth-order valence-corrected chi connectivity index (χ4v) is 3.12. The third-order valence-corrected chi connectivity index (χ3v) is 4.77. The number of amides is 1. The third-order valence-electron chi connectivity index (χ3n) is 4.77. The number of nitrogens with one attached hydrogen (secondary N) is 1. The molecule has 1 fully saturated rings. The molecule has 3 heterocycles. The Balaban J connectivity index is 1.79. The van der Waals surface area contributed by atoms with Crippen LogP contribution in [0.25, 0.3) is 0 Å². The van der Waals surface area contributed by atoms with Crippen LogP contribution in [0.3, 0.4) is 0 Å². The van der Waals surface area contributed by atoms with E-state index in [-0.39, 0.29) is 18.0 Å². The number of hydrogen-bond donors (Lipinski definition) is 1. The van der Waals surface area contributed by atoms with E-state index in [0.717, 1.165) is 22.7 Å². The van der Waals surface area contributed by atoms with Crippen molar-refractivity contribution in [1.29, 1.82) is 0 Å². The van der Waals surface area contributed by atoms with Crippen LogP contribution in [-0.2, 0) is 18.4 Å². The second kappa shape index (κ2) is 5.81. The number of nitrogens with zero attached hydrogens (tertiary/aromatic N) is 4. The number of carbonyl (C=O) groups excluding carboxylic acids is 1. The van der Waals surface area contributed by atoms with E-state index in [1.165, 1.54) is 0 Å². The van der Waals surface area contributed by atoms with Gasteiger partial charge in [0.15, 0.2) is 0 Å². The summed E-state index contributed by atoms with van der Waals surface area (Å²) in [6.07, 6.45) is 2.32. The molecule has 1 amide bonds. The fourth-order valence-electron chi connectivity index (χ4n) is 3.12. The quantitative estimate of drug-likeness (QED) is 0.922. The Morgan fingerprint density at radius 2 is 2.09 bits per heavy atom. The summed E-state index contributed by atoms with van der Waals surface area (Å²) in [5, 5.41) is 7.74. The van der Waals surface area contributed by atoms with Crippen LogP contribution in [0.5, 0.6) is 0 Å². The third kappa shape index (κ3) is 2.76. The van der Waals surface area contributed by atoms with Gasteiger partial charge in [-0.3, -0.25) is 9.48 Å². The molecule has 1 aliphatic rings. The lowest BCUT2D eigenvalue weighted by molar-refractivity contribution is -0.127. The molecule has 1 saturated heterocycles. The van der Waals surface area contributed by atoms with Gasteiger partial charge in [0.25, 0.3) is 0 Å². The van der Waals surface area contributed by atoms with Gasteiger partial charge in [0.05, 0.1) is 24.5 Å². The number of likely N-dealkylation sites (N-methyl/N-ethyl adjacent to an activating group) is 1. The molecule has 124 valence electrons. The minimum atomic E-state index is -0.0200. The maximum Gasteiger partial charge on any atom is 0.224 e. The molecule has 23 heavy (non-hydrogen) atoms. The van der Waals surface area contributed by atoms with E-state index in [9.17, 15) is 4.79 Å². The highest BCUT2D eigenvalue weighted by Crippen LogP contribution is 2.33. The molecule has 0 radical (unpaired) electrons. The Bertz CT molecular complexity index is 713. The number of carbonyl (C=O) groups is 1. The molecular weight excluding hydrogens is 294 g/mol. The highest BCUT2D eigenvalue weighted by atomic mass is 16.4. The van der Waals surface area contributed by atoms with Crippen molar-refractivity contribution >= 4 is 5.91 Å². The van der Waals surface area contributed by atoms with Gasteiger partial charge in [0.2, 0.25) is 11.8 Å². The van der Waals surface area contributed by atoms with E-state index < -0.39 is 0 Å². The molecular formula is C16H23N5O2. The van der Waals surface area contributed by atoms with Gasteiger partial charge >= 0.3 is 0 Å². The zero-order chi connectivity index (χ0) is 16.7. The Labute approximate surface area is 135 Å². The van der Waals surface area contributed by atoms with Crippen LogP contribution in [0.4, 0.5) is 0 Å². The molecule has 0 spiro atoms. The van der Waals surface area contributed by atoms with Gasteiger partial charge in [-0.2, -0.15) is 5.10 Å². The summed E-state index contributed by atoms with van der Waals surface area (Å²) >= 11 is 0. The minimum Gasteiger partial charge on any atom is -0.444 e. The standard InChI is InChI=1S/C16H23N5O2/c1-9-11(3)23-14(19-9)8-17-13-6-15(22)20(4)16(13)12-7-18-21(5)10(12)2/h7,13,16-17H,6,8H2,1-5H3/t13-,16+/m1/s1. The highest BCUT2D eigenvalue weighted by molar-refractivity contribution is 5.80. The van der Waals surface area contributed by atoms with E-state index in [2.05, 4.69) is 15.4 Å². The Kier molecular flexibility index (Phi) is 3.97. The number of aryl methyl sites for hydroxylation is 3. The minimum absolute atomic E-state index is 0.0166. The van der Waals surface area contributed by atoms with Crippen LogP contribution in [0.15, 0.2) is 10.6 Å². The Morgan fingerprint density at radius 1 is 1.35 bits per heavy atom. The van der Waals surface area contributed by atoms with Gasteiger partial charge in [-0.25, -0.2) is 4.98 Å². The van der Waals surface area contributed by atoms with Gasteiger partial charge in [0, 0.05) is 37.8 Å². The van der Waals surface area contributed by atoms with Crippen LogP contribution in [0, 0.1) is 20.8 Å². The van der Waals surface area contributed by atoms with Crippen molar-refractivity contribution in [1.82, 2.24) is 25.0 Å². The van der Waals surface area contributed by atoms with E-state index >= 15 is 0 Å². The Hall–Kier alpha value is -2.15. The van der Waals surface area contributed by atoms with Crippen molar-refractivity contribution in [3.8, 4) is 0 Å².